The van der Waals surface area contributed by atoms with Gasteiger partial charge < -0.3 is 14.5 Å². The van der Waals surface area contributed by atoms with Crippen LogP contribution in [-0.4, -0.2) is 55.0 Å². The Hall–Kier alpha value is -0.680. The number of piperazine rings is 1. The summed E-state index contributed by atoms with van der Waals surface area (Å²) in [6.07, 6.45) is 0. The molecule has 1 aliphatic rings. The number of amides is 1. The van der Waals surface area contributed by atoms with E-state index in [1.165, 1.54) is 12.1 Å². The molecule has 1 aliphatic heterocycles. The van der Waals surface area contributed by atoms with E-state index in [9.17, 15) is 4.79 Å². The van der Waals surface area contributed by atoms with Gasteiger partial charge in [-0.3, -0.25) is 4.79 Å². The monoisotopic (exact) mass is 350 g/mol. The van der Waals surface area contributed by atoms with Crippen molar-refractivity contribution in [1.29, 1.82) is 0 Å². The summed E-state index contributed by atoms with van der Waals surface area (Å²) in [5.41, 5.74) is 0. The standard InChI is InChI=1S/C14H17Cl3N2O2/c1-2-18-3-5-19(6-4-18)13(20)9-21-14-11(16)7-10(15)8-12(14)17/h7-8H,2-6,9H2,1H3. The van der Waals surface area contributed by atoms with Gasteiger partial charge in [0.25, 0.3) is 5.91 Å². The quantitative estimate of drug-likeness (QED) is 0.835. The highest BCUT2D eigenvalue weighted by atomic mass is 35.5. The van der Waals surface area contributed by atoms with Gasteiger partial charge in [-0.15, -0.1) is 0 Å². The fourth-order valence-electron chi connectivity index (χ4n) is 2.21. The lowest BCUT2D eigenvalue weighted by Crippen LogP contribution is -2.49. The van der Waals surface area contributed by atoms with E-state index in [4.69, 9.17) is 39.5 Å². The van der Waals surface area contributed by atoms with Crippen molar-refractivity contribution < 1.29 is 9.53 Å². The van der Waals surface area contributed by atoms with Gasteiger partial charge in [0.1, 0.15) is 0 Å². The molecule has 7 heteroatoms. The maximum Gasteiger partial charge on any atom is 0.260 e. The smallest absolute Gasteiger partial charge is 0.260 e. The van der Waals surface area contributed by atoms with Gasteiger partial charge in [-0.2, -0.15) is 0 Å². The van der Waals surface area contributed by atoms with E-state index in [2.05, 4.69) is 11.8 Å². The molecule has 0 bridgehead atoms. The van der Waals surface area contributed by atoms with Gasteiger partial charge in [-0.1, -0.05) is 41.7 Å². The van der Waals surface area contributed by atoms with Gasteiger partial charge in [-0.25, -0.2) is 0 Å². The minimum Gasteiger partial charge on any atom is -0.481 e. The minimum atomic E-state index is -0.0762. The van der Waals surface area contributed by atoms with Crippen molar-refractivity contribution in [3.63, 3.8) is 0 Å². The third kappa shape index (κ3) is 4.39. The van der Waals surface area contributed by atoms with Crippen LogP contribution in [0.1, 0.15) is 6.92 Å². The lowest BCUT2D eigenvalue weighted by atomic mass is 10.3. The topological polar surface area (TPSA) is 32.8 Å². The molecule has 4 nitrogen and oxygen atoms in total. The van der Waals surface area contributed by atoms with Gasteiger partial charge in [-0.05, 0) is 18.7 Å². The summed E-state index contributed by atoms with van der Waals surface area (Å²) in [4.78, 5) is 16.2. The molecule has 1 heterocycles. The molecule has 1 aromatic carbocycles. The number of ether oxygens (including phenoxy) is 1. The maximum atomic E-state index is 12.1. The number of halogens is 3. The molecule has 0 aromatic heterocycles. The van der Waals surface area contributed by atoms with Crippen LogP contribution in [0.4, 0.5) is 0 Å². The first-order valence-corrected chi connectivity index (χ1v) is 7.92. The molecule has 1 fully saturated rings. The van der Waals surface area contributed by atoms with Crippen LogP contribution in [0.25, 0.3) is 0 Å². The summed E-state index contributed by atoms with van der Waals surface area (Å²) >= 11 is 17.9. The zero-order valence-corrected chi connectivity index (χ0v) is 14.0. The molecule has 0 spiro atoms. The number of carbonyl (C=O) groups excluding carboxylic acids is 1. The second-order valence-corrected chi connectivity index (χ2v) is 6.05. The number of benzene rings is 1. The molecule has 1 saturated heterocycles. The third-order valence-corrected chi connectivity index (χ3v) is 4.25. The molecule has 1 amide bonds. The molecule has 2 rings (SSSR count). The van der Waals surface area contributed by atoms with Crippen molar-refractivity contribution in [2.45, 2.75) is 6.92 Å². The first kappa shape index (κ1) is 16.7. The fraction of sp³-hybridized carbons (Fsp3) is 0.500. The van der Waals surface area contributed by atoms with Crippen molar-refractivity contribution in [1.82, 2.24) is 9.80 Å². The van der Waals surface area contributed by atoms with Crippen LogP contribution in [0, 0.1) is 0 Å². The molecular weight excluding hydrogens is 335 g/mol. The second-order valence-electron chi connectivity index (χ2n) is 4.80. The van der Waals surface area contributed by atoms with Gasteiger partial charge in [0.2, 0.25) is 0 Å². The molecule has 0 radical (unpaired) electrons. The van der Waals surface area contributed by atoms with E-state index in [1.54, 1.807) is 4.90 Å². The molecule has 0 atom stereocenters. The largest absolute Gasteiger partial charge is 0.481 e. The normalized spacial score (nSPS) is 16.1. The highest BCUT2D eigenvalue weighted by Crippen LogP contribution is 2.35. The lowest BCUT2D eigenvalue weighted by Gasteiger charge is -2.34. The molecule has 0 aliphatic carbocycles. The number of hydrogen-bond acceptors (Lipinski definition) is 3. The Bertz CT molecular complexity index is 494. The molecule has 1 aromatic rings. The molecule has 21 heavy (non-hydrogen) atoms. The molecule has 0 N–H and O–H groups in total. The zero-order chi connectivity index (χ0) is 15.4. The Kier molecular flexibility index (Phi) is 5.99. The highest BCUT2D eigenvalue weighted by molar-refractivity contribution is 6.40. The van der Waals surface area contributed by atoms with Crippen LogP contribution in [0.2, 0.25) is 15.1 Å². The zero-order valence-electron chi connectivity index (χ0n) is 11.7. The van der Waals surface area contributed by atoms with Crippen LogP contribution < -0.4 is 4.74 Å². The van der Waals surface area contributed by atoms with E-state index < -0.39 is 0 Å². The number of rotatable bonds is 4. The van der Waals surface area contributed by atoms with E-state index in [0.29, 0.717) is 20.8 Å². The van der Waals surface area contributed by atoms with Gasteiger partial charge >= 0.3 is 0 Å². The lowest BCUT2D eigenvalue weighted by molar-refractivity contribution is -0.135. The van der Waals surface area contributed by atoms with Crippen LogP contribution >= 0.6 is 34.8 Å². The van der Waals surface area contributed by atoms with Crippen LogP contribution in [0.15, 0.2) is 12.1 Å². The van der Waals surface area contributed by atoms with Crippen LogP contribution in [0.5, 0.6) is 5.75 Å². The van der Waals surface area contributed by atoms with Crippen LogP contribution in [-0.2, 0) is 4.79 Å². The van der Waals surface area contributed by atoms with Crippen molar-refractivity contribution in [2.75, 3.05) is 39.3 Å². The molecule has 116 valence electrons. The summed E-state index contributed by atoms with van der Waals surface area (Å²) in [5.74, 6) is 0.233. The summed E-state index contributed by atoms with van der Waals surface area (Å²) in [6.45, 7) is 6.28. The average Bonchev–Trinajstić information content (AvgIpc) is 2.46. The van der Waals surface area contributed by atoms with Crippen molar-refractivity contribution in [3.8, 4) is 5.75 Å². The van der Waals surface area contributed by atoms with Crippen molar-refractivity contribution in [2.24, 2.45) is 0 Å². The third-order valence-electron chi connectivity index (χ3n) is 3.48. The van der Waals surface area contributed by atoms with Gasteiger partial charge in [0, 0.05) is 31.2 Å². The summed E-state index contributed by atoms with van der Waals surface area (Å²) in [5, 5.41) is 1.03. The Balaban J connectivity index is 1.90. The SMILES string of the molecule is CCN1CCN(C(=O)COc2c(Cl)cc(Cl)cc2Cl)CC1. The van der Waals surface area contributed by atoms with Gasteiger partial charge in [0.15, 0.2) is 12.4 Å². The molecule has 0 unspecified atom stereocenters. The number of nitrogens with zero attached hydrogens (tertiary/aromatic N) is 2. The average molecular weight is 352 g/mol. The first-order chi connectivity index (χ1) is 10.0. The predicted octanol–water partition coefficient (Wildman–Crippen LogP) is 3.19. The van der Waals surface area contributed by atoms with E-state index in [1.807, 2.05) is 0 Å². The van der Waals surface area contributed by atoms with E-state index in [0.717, 1.165) is 32.7 Å². The van der Waals surface area contributed by atoms with Gasteiger partial charge in [0.05, 0.1) is 10.0 Å². The highest BCUT2D eigenvalue weighted by Gasteiger charge is 2.21. The van der Waals surface area contributed by atoms with Crippen LogP contribution in [0.3, 0.4) is 0 Å². The Morgan fingerprint density at radius 3 is 2.24 bits per heavy atom. The number of hydrogen-bond donors (Lipinski definition) is 0. The number of carbonyl (C=O) groups is 1. The summed E-state index contributed by atoms with van der Waals surface area (Å²) in [7, 11) is 0. The van der Waals surface area contributed by atoms with E-state index >= 15 is 0 Å². The van der Waals surface area contributed by atoms with Crippen molar-refractivity contribution in [3.05, 3.63) is 27.2 Å². The number of likely N-dealkylation sites (N-methyl/N-ethyl adjacent to an activating group) is 1. The first-order valence-electron chi connectivity index (χ1n) is 6.78. The minimum absolute atomic E-state index is 0.0622. The molecular formula is C14H17Cl3N2O2. The fourth-order valence-corrected chi connectivity index (χ4v) is 3.13. The predicted molar refractivity (Wildman–Crippen MR) is 85.7 cm³/mol. The Labute approximate surface area is 139 Å². The maximum absolute atomic E-state index is 12.1. The summed E-state index contributed by atoms with van der Waals surface area (Å²) < 4.78 is 5.46. The van der Waals surface area contributed by atoms with E-state index in [-0.39, 0.29) is 12.5 Å². The summed E-state index contributed by atoms with van der Waals surface area (Å²) in [6, 6.07) is 3.07. The Morgan fingerprint density at radius 2 is 1.71 bits per heavy atom. The van der Waals surface area contributed by atoms with Crippen molar-refractivity contribution >= 4 is 40.7 Å². The molecule has 0 saturated carbocycles. The second kappa shape index (κ2) is 7.54. The Morgan fingerprint density at radius 1 is 1.14 bits per heavy atom.